The largest absolute Gasteiger partial charge is 0.381 e. The third-order valence-electron chi connectivity index (χ3n) is 6.32. The molecule has 0 amide bonds. The lowest BCUT2D eigenvalue weighted by atomic mass is 9.92. The number of hydrogen-bond donors (Lipinski definition) is 2. The van der Waals surface area contributed by atoms with Gasteiger partial charge in [-0.25, -0.2) is 0 Å². The first-order valence-electron chi connectivity index (χ1n) is 11.8. The van der Waals surface area contributed by atoms with Crippen molar-refractivity contribution in [1.29, 1.82) is 0 Å². The molecule has 2 heterocycles. The molecule has 2 atom stereocenters. The van der Waals surface area contributed by atoms with Gasteiger partial charge in [-0.05, 0) is 52.0 Å². The second-order valence-corrected chi connectivity index (χ2v) is 8.69. The van der Waals surface area contributed by atoms with E-state index in [-0.39, 0.29) is 24.0 Å². The van der Waals surface area contributed by atoms with E-state index in [1.165, 1.54) is 58.0 Å². The summed E-state index contributed by atoms with van der Waals surface area (Å²) in [7, 11) is 0. The molecule has 2 aliphatic heterocycles. The van der Waals surface area contributed by atoms with Crippen molar-refractivity contribution in [2.75, 3.05) is 52.6 Å². The molecule has 7 heteroatoms. The molecule has 170 valence electrons. The van der Waals surface area contributed by atoms with E-state index in [1.54, 1.807) is 0 Å². The fraction of sp³-hybridized carbons (Fsp3) is 0.955. The summed E-state index contributed by atoms with van der Waals surface area (Å²) < 4.78 is 11.2. The zero-order valence-corrected chi connectivity index (χ0v) is 20.7. The van der Waals surface area contributed by atoms with Gasteiger partial charge in [0.2, 0.25) is 0 Å². The van der Waals surface area contributed by atoms with Gasteiger partial charge < -0.3 is 20.1 Å². The van der Waals surface area contributed by atoms with Gasteiger partial charge in [-0.3, -0.25) is 9.89 Å². The molecule has 3 fully saturated rings. The minimum atomic E-state index is 0. The molecule has 0 spiro atoms. The summed E-state index contributed by atoms with van der Waals surface area (Å²) in [5.41, 5.74) is 0. The number of piperidine rings is 1. The average Bonchev–Trinajstić information content (AvgIpc) is 3.25. The maximum absolute atomic E-state index is 5.79. The molecule has 0 bridgehead atoms. The van der Waals surface area contributed by atoms with Crippen molar-refractivity contribution in [3.63, 3.8) is 0 Å². The van der Waals surface area contributed by atoms with E-state index >= 15 is 0 Å². The SMILES string of the molecule is CCNC(=NCCCOCC1CCOC1)NC1CCCN(C2CCCCC2)C1.I. The van der Waals surface area contributed by atoms with Crippen molar-refractivity contribution in [1.82, 2.24) is 15.5 Å². The summed E-state index contributed by atoms with van der Waals surface area (Å²) in [5.74, 6) is 1.57. The predicted molar refractivity (Wildman–Crippen MR) is 130 cm³/mol. The van der Waals surface area contributed by atoms with Crippen LogP contribution in [0.1, 0.15) is 64.7 Å². The standard InChI is InChI=1S/C22H42N4O2.HI/c1-2-23-22(24-12-7-14-27-17-19-11-15-28-18-19)25-20-8-6-13-26(16-20)21-9-4-3-5-10-21;/h19-21H,2-18H2,1H3,(H2,23,24,25);1H. The van der Waals surface area contributed by atoms with Crippen LogP contribution in [0.4, 0.5) is 0 Å². The number of halogens is 1. The van der Waals surface area contributed by atoms with E-state index in [0.29, 0.717) is 12.0 Å². The number of hydrogen-bond acceptors (Lipinski definition) is 4. The molecule has 2 N–H and O–H groups in total. The Bertz CT molecular complexity index is 454. The number of guanidine groups is 1. The Morgan fingerprint density at radius 3 is 2.76 bits per heavy atom. The number of likely N-dealkylation sites (tertiary alicyclic amines) is 1. The minimum absolute atomic E-state index is 0. The first kappa shape index (κ1) is 25.1. The zero-order valence-electron chi connectivity index (χ0n) is 18.4. The lowest BCUT2D eigenvalue weighted by Crippen LogP contribution is -2.53. The third-order valence-corrected chi connectivity index (χ3v) is 6.32. The van der Waals surface area contributed by atoms with Gasteiger partial charge in [0.05, 0.1) is 13.2 Å². The van der Waals surface area contributed by atoms with Gasteiger partial charge in [0.15, 0.2) is 5.96 Å². The first-order chi connectivity index (χ1) is 13.8. The Hall–Kier alpha value is -0.120. The summed E-state index contributed by atoms with van der Waals surface area (Å²) >= 11 is 0. The van der Waals surface area contributed by atoms with Crippen LogP contribution in [0.2, 0.25) is 0 Å². The Labute approximate surface area is 195 Å². The van der Waals surface area contributed by atoms with Gasteiger partial charge in [0.1, 0.15) is 0 Å². The summed E-state index contributed by atoms with van der Waals surface area (Å²) in [4.78, 5) is 7.53. The van der Waals surface area contributed by atoms with E-state index in [4.69, 9.17) is 14.5 Å². The molecule has 3 rings (SSSR count). The Kier molecular flexibility index (Phi) is 12.8. The van der Waals surface area contributed by atoms with Gasteiger partial charge in [-0.2, -0.15) is 0 Å². The highest BCUT2D eigenvalue weighted by Gasteiger charge is 2.27. The highest BCUT2D eigenvalue weighted by Crippen LogP contribution is 2.25. The lowest BCUT2D eigenvalue weighted by molar-refractivity contribution is 0.0893. The molecule has 0 radical (unpaired) electrons. The van der Waals surface area contributed by atoms with Crippen molar-refractivity contribution in [2.24, 2.45) is 10.9 Å². The molecular weight excluding hydrogens is 479 g/mol. The van der Waals surface area contributed by atoms with E-state index < -0.39 is 0 Å². The fourth-order valence-corrected chi connectivity index (χ4v) is 4.74. The van der Waals surface area contributed by atoms with E-state index in [2.05, 4.69) is 22.5 Å². The molecule has 2 saturated heterocycles. The van der Waals surface area contributed by atoms with Crippen LogP contribution in [0, 0.1) is 5.92 Å². The monoisotopic (exact) mass is 522 g/mol. The number of nitrogens with one attached hydrogen (secondary N) is 2. The molecule has 29 heavy (non-hydrogen) atoms. The number of ether oxygens (including phenoxy) is 2. The third kappa shape index (κ3) is 9.27. The van der Waals surface area contributed by atoms with E-state index in [9.17, 15) is 0 Å². The molecular formula is C22H43IN4O2. The summed E-state index contributed by atoms with van der Waals surface area (Å²) in [6.45, 7) is 9.69. The van der Waals surface area contributed by atoms with E-state index in [0.717, 1.165) is 64.4 Å². The van der Waals surface area contributed by atoms with Crippen molar-refractivity contribution >= 4 is 29.9 Å². The van der Waals surface area contributed by atoms with Crippen LogP contribution in [-0.4, -0.2) is 75.5 Å². The second-order valence-electron chi connectivity index (χ2n) is 8.69. The number of aliphatic imine (C=N–C) groups is 1. The smallest absolute Gasteiger partial charge is 0.191 e. The molecule has 0 aromatic heterocycles. The zero-order chi connectivity index (χ0) is 19.4. The fourth-order valence-electron chi connectivity index (χ4n) is 4.74. The Morgan fingerprint density at radius 1 is 1.14 bits per heavy atom. The highest BCUT2D eigenvalue weighted by atomic mass is 127. The summed E-state index contributed by atoms with van der Waals surface area (Å²) in [6.07, 6.45) is 11.7. The van der Waals surface area contributed by atoms with Crippen molar-refractivity contribution in [3.05, 3.63) is 0 Å². The van der Waals surface area contributed by atoms with Crippen LogP contribution in [0.3, 0.4) is 0 Å². The molecule has 1 saturated carbocycles. The molecule has 0 aromatic rings. The molecule has 0 aromatic carbocycles. The van der Waals surface area contributed by atoms with Crippen LogP contribution in [-0.2, 0) is 9.47 Å². The topological polar surface area (TPSA) is 58.1 Å². The number of nitrogens with zero attached hydrogens (tertiary/aromatic N) is 2. The van der Waals surface area contributed by atoms with Crippen molar-refractivity contribution in [3.8, 4) is 0 Å². The molecule has 3 aliphatic rings. The first-order valence-corrected chi connectivity index (χ1v) is 11.8. The van der Waals surface area contributed by atoms with Gasteiger partial charge in [0, 0.05) is 50.8 Å². The van der Waals surface area contributed by atoms with Gasteiger partial charge >= 0.3 is 0 Å². The maximum atomic E-state index is 5.79. The van der Waals surface area contributed by atoms with Crippen LogP contribution < -0.4 is 10.6 Å². The average molecular weight is 523 g/mol. The van der Waals surface area contributed by atoms with Crippen LogP contribution >= 0.6 is 24.0 Å². The normalized spacial score (nSPS) is 26.9. The Morgan fingerprint density at radius 2 is 2.00 bits per heavy atom. The van der Waals surface area contributed by atoms with Crippen LogP contribution in [0.25, 0.3) is 0 Å². The molecule has 6 nitrogen and oxygen atoms in total. The highest BCUT2D eigenvalue weighted by molar-refractivity contribution is 14.0. The van der Waals surface area contributed by atoms with Gasteiger partial charge in [-0.15, -0.1) is 24.0 Å². The molecule has 2 unspecified atom stereocenters. The van der Waals surface area contributed by atoms with Gasteiger partial charge in [0.25, 0.3) is 0 Å². The van der Waals surface area contributed by atoms with Crippen LogP contribution in [0.15, 0.2) is 4.99 Å². The minimum Gasteiger partial charge on any atom is -0.381 e. The maximum Gasteiger partial charge on any atom is 0.191 e. The van der Waals surface area contributed by atoms with E-state index in [1.807, 2.05) is 0 Å². The van der Waals surface area contributed by atoms with Gasteiger partial charge in [-0.1, -0.05) is 19.3 Å². The van der Waals surface area contributed by atoms with Crippen molar-refractivity contribution < 1.29 is 9.47 Å². The second kappa shape index (κ2) is 14.8. The van der Waals surface area contributed by atoms with Crippen molar-refractivity contribution in [2.45, 2.75) is 76.8 Å². The summed E-state index contributed by atoms with van der Waals surface area (Å²) in [5, 5.41) is 7.12. The molecule has 1 aliphatic carbocycles. The quantitative estimate of drug-likeness (QED) is 0.211. The number of rotatable bonds is 9. The summed E-state index contributed by atoms with van der Waals surface area (Å²) in [6, 6.07) is 1.34. The predicted octanol–water partition coefficient (Wildman–Crippen LogP) is 3.40. The lowest BCUT2D eigenvalue weighted by Gasteiger charge is -2.40. The van der Waals surface area contributed by atoms with Crippen LogP contribution in [0.5, 0.6) is 0 Å². The Balaban J connectivity index is 0.00000300.